The van der Waals surface area contributed by atoms with E-state index in [9.17, 15) is 8.78 Å². The summed E-state index contributed by atoms with van der Waals surface area (Å²) in [5.74, 6) is -0.848. The summed E-state index contributed by atoms with van der Waals surface area (Å²) in [4.78, 5) is 0. The molecular formula is C16H14F2N4OS2. The molecule has 5 nitrogen and oxygen atoms in total. The second-order valence-corrected chi connectivity index (χ2v) is 6.52. The minimum Gasteiger partial charge on any atom is -0.459 e. The molecule has 0 unspecified atom stereocenters. The number of halogens is 2. The van der Waals surface area contributed by atoms with Crippen molar-refractivity contribution in [3.05, 3.63) is 58.3 Å². The lowest BCUT2D eigenvalue weighted by molar-refractivity contribution is 0.251. The Labute approximate surface area is 151 Å². The normalized spacial score (nSPS) is 11.7. The van der Waals surface area contributed by atoms with Gasteiger partial charge in [0.1, 0.15) is 11.5 Å². The largest absolute Gasteiger partial charge is 0.459 e. The van der Waals surface area contributed by atoms with Crippen molar-refractivity contribution in [2.45, 2.75) is 18.4 Å². The number of alkyl halides is 2. The number of aromatic amines is 1. The standard InChI is InChI=1S/C16H14F2N4OS2/c1-10-2-4-11(5-3-10)14-20-21-16(24)22(14)19-8-12-6-7-13(23-12)9-25-15(17)18/h2-8,15H,9H2,1H3,(H,21,24)/b19-8-. The Morgan fingerprint density at radius 3 is 2.80 bits per heavy atom. The Kier molecular flexibility index (Phi) is 5.44. The molecule has 0 aliphatic heterocycles. The number of nitrogens with one attached hydrogen (secondary N) is 1. The van der Waals surface area contributed by atoms with Crippen LogP contribution in [0.5, 0.6) is 0 Å². The predicted octanol–water partition coefficient (Wildman–Crippen LogP) is 4.85. The van der Waals surface area contributed by atoms with Crippen LogP contribution in [0.2, 0.25) is 0 Å². The van der Waals surface area contributed by atoms with Gasteiger partial charge in [-0.2, -0.15) is 23.7 Å². The number of aryl methyl sites for hydroxylation is 1. The van der Waals surface area contributed by atoms with E-state index in [-0.39, 0.29) is 5.75 Å². The summed E-state index contributed by atoms with van der Waals surface area (Å²) in [5, 5.41) is 11.2. The van der Waals surface area contributed by atoms with Crippen molar-refractivity contribution in [1.29, 1.82) is 0 Å². The average molecular weight is 380 g/mol. The van der Waals surface area contributed by atoms with E-state index in [4.69, 9.17) is 16.6 Å². The van der Waals surface area contributed by atoms with Gasteiger partial charge in [0, 0.05) is 5.56 Å². The van der Waals surface area contributed by atoms with E-state index in [0.29, 0.717) is 33.9 Å². The van der Waals surface area contributed by atoms with E-state index in [1.165, 1.54) is 10.9 Å². The lowest BCUT2D eigenvalue weighted by Crippen LogP contribution is -1.94. The van der Waals surface area contributed by atoms with Crippen LogP contribution in [0.15, 0.2) is 45.9 Å². The summed E-state index contributed by atoms with van der Waals surface area (Å²) < 4.78 is 31.7. The SMILES string of the molecule is Cc1ccc(-c2n[nH]c(=S)n2/N=C\c2ccc(CSC(F)F)o2)cc1. The third-order valence-corrected chi connectivity index (χ3v) is 4.26. The van der Waals surface area contributed by atoms with Crippen molar-refractivity contribution in [2.75, 3.05) is 0 Å². The first-order valence-corrected chi connectivity index (χ1v) is 8.76. The Morgan fingerprint density at radius 1 is 1.32 bits per heavy atom. The molecule has 0 fully saturated rings. The molecule has 130 valence electrons. The third kappa shape index (κ3) is 4.43. The summed E-state index contributed by atoms with van der Waals surface area (Å²) in [7, 11) is 0. The predicted molar refractivity (Wildman–Crippen MR) is 96.6 cm³/mol. The fourth-order valence-electron chi connectivity index (χ4n) is 2.09. The van der Waals surface area contributed by atoms with E-state index in [0.717, 1.165) is 11.1 Å². The van der Waals surface area contributed by atoms with E-state index in [1.807, 2.05) is 31.2 Å². The molecule has 0 amide bonds. The molecule has 0 aliphatic carbocycles. The van der Waals surface area contributed by atoms with Crippen LogP contribution in [0.1, 0.15) is 17.1 Å². The second kappa shape index (κ2) is 7.75. The van der Waals surface area contributed by atoms with Gasteiger partial charge in [-0.15, -0.1) is 0 Å². The Morgan fingerprint density at radius 2 is 2.08 bits per heavy atom. The summed E-state index contributed by atoms with van der Waals surface area (Å²) in [5.41, 5.74) is 2.00. The maximum atomic E-state index is 12.2. The molecule has 0 radical (unpaired) electrons. The van der Waals surface area contributed by atoms with Crippen LogP contribution in [0.3, 0.4) is 0 Å². The van der Waals surface area contributed by atoms with Gasteiger partial charge in [-0.1, -0.05) is 41.6 Å². The van der Waals surface area contributed by atoms with Gasteiger partial charge < -0.3 is 4.42 Å². The number of furan rings is 1. The summed E-state index contributed by atoms with van der Waals surface area (Å²) >= 11 is 5.71. The third-order valence-electron chi connectivity index (χ3n) is 3.29. The monoisotopic (exact) mass is 380 g/mol. The molecule has 0 saturated carbocycles. The Bertz CT molecular complexity index is 928. The molecule has 1 aromatic carbocycles. The number of aromatic nitrogens is 3. The molecule has 0 saturated heterocycles. The van der Waals surface area contributed by atoms with Crippen LogP contribution in [-0.2, 0) is 5.75 Å². The molecule has 0 atom stereocenters. The van der Waals surface area contributed by atoms with Crippen LogP contribution >= 0.6 is 24.0 Å². The van der Waals surface area contributed by atoms with Crippen molar-refractivity contribution in [3.63, 3.8) is 0 Å². The molecule has 2 heterocycles. The first kappa shape index (κ1) is 17.6. The van der Waals surface area contributed by atoms with E-state index in [2.05, 4.69) is 15.3 Å². The van der Waals surface area contributed by atoms with Gasteiger partial charge in [-0.05, 0) is 31.3 Å². The highest BCUT2D eigenvalue weighted by atomic mass is 32.2. The molecule has 9 heteroatoms. The van der Waals surface area contributed by atoms with Gasteiger partial charge in [0.05, 0.1) is 12.0 Å². The van der Waals surface area contributed by atoms with Crippen LogP contribution in [0, 0.1) is 11.7 Å². The molecular weight excluding hydrogens is 366 g/mol. The van der Waals surface area contributed by atoms with Crippen molar-refractivity contribution >= 4 is 30.2 Å². The molecule has 0 bridgehead atoms. The Balaban J connectivity index is 1.81. The van der Waals surface area contributed by atoms with Crippen molar-refractivity contribution < 1.29 is 13.2 Å². The fourth-order valence-corrected chi connectivity index (χ4v) is 2.71. The maximum absolute atomic E-state index is 12.2. The van der Waals surface area contributed by atoms with Gasteiger partial charge in [-0.25, -0.2) is 5.10 Å². The number of hydrogen-bond acceptors (Lipinski definition) is 5. The molecule has 1 N–H and O–H groups in total. The van der Waals surface area contributed by atoms with Crippen molar-refractivity contribution in [3.8, 4) is 11.4 Å². The quantitative estimate of drug-likeness (QED) is 0.491. The topological polar surface area (TPSA) is 59.1 Å². The highest BCUT2D eigenvalue weighted by Gasteiger charge is 2.09. The van der Waals surface area contributed by atoms with Crippen LogP contribution in [0.25, 0.3) is 11.4 Å². The minimum atomic E-state index is -2.43. The summed E-state index contributed by atoms with van der Waals surface area (Å²) in [6.07, 6.45) is 1.47. The van der Waals surface area contributed by atoms with Gasteiger partial charge >= 0.3 is 0 Å². The maximum Gasteiger partial charge on any atom is 0.284 e. The van der Waals surface area contributed by atoms with Gasteiger partial charge in [0.2, 0.25) is 4.77 Å². The average Bonchev–Trinajstić information content (AvgIpc) is 3.18. The molecule has 3 aromatic rings. The van der Waals surface area contributed by atoms with E-state index >= 15 is 0 Å². The number of thioether (sulfide) groups is 1. The number of hydrogen-bond donors (Lipinski definition) is 1. The Hall–Kier alpha value is -2.26. The molecule has 25 heavy (non-hydrogen) atoms. The van der Waals surface area contributed by atoms with Crippen LogP contribution in [0.4, 0.5) is 8.78 Å². The zero-order valence-corrected chi connectivity index (χ0v) is 14.8. The smallest absolute Gasteiger partial charge is 0.284 e. The van der Waals surface area contributed by atoms with Crippen LogP contribution in [-0.4, -0.2) is 26.8 Å². The fraction of sp³-hybridized carbons (Fsp3) is 0.188. The molecule has 2 aromatic heterocycles. The molecule has 0 aliphatic rings. The first-order chi connectivity index (χ1) is 12.0. The summed E-state index contributed by atoms with van der Waals surface area (Å²) in [6.45, 7) is 2.00. The minimum absolute atomic E-state index is 0.102. The van der Waals surface area contributed by atoms with Gasteiger partial charge in [-0.3, -0.25) is 0 Å². The first-order valence-electron chi connectivity index (χ1n) is 7.30. The molecule has 0 spiro atoms. The zero-order chi connectivity index (χ0) is 17.8. The molecule has 3 rings (SSSR count). The highest BCUT2D eigenvalue weighted by Crippen LogP contribution is 2.21. The van der Waals surface area contributed by atoms with Gasteiger partial charge in [0.15, 0.2) is 5.82 Å². The van der Waals surface area contributed by atoms with Crippen LogP contribution < -0.4 is 0 Å². The highest BCUT2D eigenvalue weighted by molar-refractivity contribution is 7.98. The van der Waals surface area contributed by atoms with Crippen molar-refractivity contribution in [2.24, 2.45) is 5.10 Å². The lowest BCUT2D eigenvalue weighted by Gasteiger charge is -2.01. The summed E-state index contributed by atoms with van der Waals surface area (Å²) in [6, 6.07) is 11.1. The number of H-pyrrole nitrogens is 1. The van der Waals surface area contributed by atoms with Gasteiger partial charge in [0.25, 0.3) is 5.76 Å². The van der Waals surface area contributed by atoms with Crippen molar-refractivity contribution in [1.82, 2.24) is 14.9 Å². The number of nitrogens with zero attached hydrogens (tertiary/aromatic N) is 3. The second-order valence-electron chi connectivity index (χ2n) is 5.15. The van der Waals surface area contributed by atoms with E-state index < -0.39 is 5.76 Å². The zero-order valence-electron chi connectivity index (χ0n) is 13.1. The number of rotatable bonds is 6. The lowest BCUT2D eigenvalue weighted by atomic mass is 10.1. The van der Waals surface area contributed by atoms with E-state index in [1.54, 1.807) is 12.1 Å². The number of benzene rings is 1.